The first kappa shape index (κ1) is 26.3. The molecule has 198 valence electrons. The van der Waals surface area contributed by atoms with Crippen molar-refractivity contribution in [2.24, 2.45) is 17.8 Å². The number of alkyl halides is 6. The first-order chi connectivity index (χ1) is 17.2. The van der Waals surface area contributed by atoms with Gasteiger partial charge in [0, 0.05) is 11.5 Å². The molecule has 1 aromatic carbocycles. The number of halogens is 6. The van der Waals surface area contributed by atoms with Gasteiger partial charge < -0.3 is 9.84 Å². The molecule has 3 fully saturated rings. The largest absolute Gasteiger partial charge is 0.573 e. The number of hydrogen-bond acceptors (Lipinski definition) is 7. The molecule has 6 atom stereocenters. The van der Waals surface area contributed by atoms with Crippen LogP contribution in [0, 0.1) is 17.8 Å². The number of phenols is 1. The quantitative estimate of drug-likeness (QED) is 0.173. The van der Waals surface area contributed by atoms with Gasteiger partial charge in [0.1, 0.15) is 11.5 Å². The maximum Gasteiger partial charge on any atom is 0.573 e. The second kappa shape index (κ2) is 8.32. The Labute approximate surface area is 224 Å². The second-order valence-corrected chi connectivity index (χ2v) is 11.0. The van der Waals surface area contributed by atoms with Gasteiger partial charge in [-0.2, -0.15) is 5.06 Å². The first-order valence-corrected chi connectivity index (χ1v) is 12.7. The number of hydrogen-bond donors (Lipinski definition) is 2. The summed E-state index contributed by atoms with van der Waals surface area (Å²) in [7, 11) is 0. The summed E-state index contributed by atoms with van der Waals surface area (Å²) in [4.78, 5) is 48.5. The van der Waals surface area contributed by atoms with Gasteiger partial charge in [0.05, 0.1) is 17.3 Å². The number of imide groups is 2. The fraction of sp³-hybridized carbons (Fsp3) is 0.455. The van der Waals surface area contributed by atoms with E-state index in [4.69, 9.17) is 23.2 Å². The zero-order valence-corrected chi connectivity index (χ0v) is 21.4. The highest BCUT2D eigenvalue weighted by Gasteiger charge is 2.76. The van der Waals surface area contributed by atoms with E-state index in [0.717, 1.165) is 23.1 Å². The number of nitrogens with zero attached hydrogens (tertiary/aromatic N) is 2. The van der Waals surface area contributed by atoms with Crippen molar-refractivity contribution in [1.82, 2.24) is 9.96 Å². The summed E-state index contributed by atoms with van der Waals surface area (Å²) in [6.45, 7) is 0. The standard InChI is InChI=1S/C22H16BrCl2F3N2O7/c23-7-29-18(34)20(24)6-12-9(2-3-10-14(12)17(33)30(36)16(10)32)15(21(20,25)19(29)35)11-5-8(1-4-13(11)31)37-22(26,27)28/h1-2,4-5,10,12,14-15,31,36H,3,6-7H2. The monoisotopic (exact) mass is 626 g/mol. The zero-order chi connectivity index (χ0) is 27.2. The zero-order valence-electron chi connectivity index (χ0n) is 18.3. The topological polar surface area (TPSA) is 124 Å². The van der Waals surface area contributed by atoms with Gasteiger partial charge in [-0.15, -0.1) is 36.4 Å². The van der Waals surface area contributed by atoms with Gasteiger partial charge in [-0.05, 0) is 37.0 Å². The number of likely N-dealkylation sites (tertiary alicyclic amines) is 1. The van der Waals surface area contributed by atoms with E-state index in [1.165, 1.54) is 6.08 Å². The van der Waals surface area contributed by atoms with E-state index in [9.17, 15) is 42.7 Å². The van der Waals surface area contributed by atoms with Crippen LogP contribution in [0.15, 0.2) is 29.8 Å². The van der Waals surface area contributed by atoms with Gasteiger partial charge in [-0.1, -0.05) is 27.6 Å². The van der Waals surface area contributed by atoms with Gasteiger partial charge in [0.2, 0.25) is 0 Å². The minimum atomic E-state index is -5.08. The molecular formula is C22H16BrCl2F3N2O7. The number of amides is 4. The Hall–Kier alpha value is -2.35. The van der Waals surface area contributed by atoms with Crippen LogP contribution in [0.4, 0.5) is 13.2 Å². The van der Waals surface area contributed by atoms with Crippen LogP contribution in [0.25, 0.3) is 0 Å². The number of rotatable bonds is 3. The van der Waals surface area contributed by atoms with Crippen molar-refractivity contribution < 1.29 is 47.4 Å². The Morgan fingerprint density at radius 2 is 1.78 bits per heavy atom. The number of phenolic OH excluding ortho intramolecular Hbond substituents is 1. The fourth-order valence-corrected chi connectivity index (χ4v) is 7.46. The molecule has 2 N–H and O–H groups in total. The molecule has 0 bridgehead atoms. The molecule has 1 saturated carbocycles. The Kier molecular flexibility index (Phi) is 5.91. The highest BCUT2D eigenvalue weighted by atomic mass is 79.9. The van der Waals surface area contributed by atoms with Crippen LogP contribution in [-0.4, -0.2) is 65.5 Å². The average molecular weight is 628 g/mol. The van der Waals surface area contributed by atoms with Gasteiger partial charge in [-0.25, -0.2) is 0 Å². The molecule has 4 aliphatic rings. The number of allylic oxidation sites excluding steroid dienone is 2. The number of hydroxylamine groups is 2. The lowest BCUT2D eigenvalue weighted by Gasteiger charge is -2.50. The summed E-state index contributed by atoms with van der Waals surface area (Å²) in [5.41, 5.74) is -0.381. The highest BCUT2D eigenvalue weighted by molar-refractivity contribution is 9.09. The van der Waals surface area contributed by atoms with E-state index in [0.29, 0.717) is 0 Å². The predicted molar refractivity (Wildman–Crippen MR) is 122 cm³/mol. The van der Waals surface area contributed by atoms with Crippen molar-refractivity contribution in [1.29, 1.82) is 0 Å². The van der Waals surface area contributed by atoms with E-state index in [2.05, 4.69) is 20.7 Å². The Morgan fingerprint density at radius 1 is 1.11 bits per heavy atom. The molecule has 15 heteroatoms. The molecule has 4 amide bonds. The average Bonchev–Trinajstić information content (AvgIpc) is 3.12. The summed E-state index contributed by atoms with van der Waals surface area (Å²) in [6, 6.07) is 2.59. The minimum absolute atomic E-state index is 0.00769. The van der Waals surface area contributed by atoms with Crippen LogP contribution >= 0.6 is 39.1 Å². The summed E-state index contributed by atoms with van der Waals surface area (Å²) < 4.78 is 42.9. The minimum Gasteiger partial charge on any atom is -0.508 e. The van der Waals surface area contributed by atoms with Crippen LogP contribution in [0.1, 0.15) is 24.3 Å². The van der Waals surface area contributed by atoms with E-state index >= 15 is 0 Å². The Balaban J connectivity index is 1.75. The number of carbonyl (C=O) groups excluding carboxylic acids is 4. The number of aromatic hydroxyl groups is 1. The third kappa shape index (κ3) is 3.46. The lowest BCUT2D eigenvalue weighted by Crippen LogP contribution is -2.60. The lowest BCUT2D eigenvalue weighted by atomic mass is 9.56. The fourth-order valence-electron chi connectivity index (χ4n) is 6.04. The van der Waals surface area contributed by atoms with Crippen LogP contribution in [0.2, 0.25) is 0 Å². The van der Waals surface area contributed by atoms with Crippen molar-refractivity contribution in [2.45, 2.75) is 34.9 Å². The second-order valence-electron chi connectivity index (χ2n) is 9.24. The Bertz CT molecular complexity index is 1290. The normalized spacial score (nSPS) is 35.4. The maximum absolute atomic E-state index is 13.6. The number of benzene rings is 1. The third-order valence-corrected chi connectivity index (χ3v) is 9.45. The van der Waals surface area contributed by atoms with E-state index in [1.807, 2.05) is 0 Å². The van der Waals surface area contributed by atoms with Gasteiger partial charge in [0.15, 0.2) is 9.75 Å². The first-order valence-electron chi connectivity index (χ1n) is 10.8. The Morgan fingerprint density at radius 3 is 2.41 bits per heavy atom. The molecular weight excluding hydrogens is 612 g/mol. The third-order valence-electron chi connectivity index (χ3n) is 7.54. The predicted octanol–water partition coefficient (Wildman–Crippen LogP) is 3.39. The molecule has 2 aliphatic carbocycles. The number of ether oxygens (including phenoxy) is 1. The van der Waals surface area contributed by atoms with Crippen LogP contribution < -0.4 is 4.74 Å². The smallest absolute Gasteiger partial charge is 0.508 e. The van der Waals surface area contributed by atoms with Gasteiger partial charge >= 0.3 is 6.36 Å². The molecule has 2 aliphatic heterocycles. The SMILES string of the molecule is O=C1C2CC=C3C(CC4(Cl)C(=O)N(CBr)C(=O)C4(Cl)C3c3cc(OC(F)(F)F)ccc3O)C2C(=O)N1O. The van der Waals surface area contributed by atoms with E-state index < -0.39 is 74.9 Å². The maximum atomic E-state index is 13.6. The van der Waals surface area contributed by atoms with Crippen molar-refractivity contribution in [3.05, 3.63) is 35.4 Å². The van der Waals surface area contributed by atoms with Gasteiger partial charge in [0.25, 0.3) is 23.6 Å². The number of fused-ring (bicyclic) bond motifs is 4. The van der Waals surface area contributed by atoms with Crippen LogP contribution in [-0.2, 0) is 19.2 Å². The molecule has 2 saturated heterocycles. The highest BCUT2D eigenvalue weighted by Crippen LogP contribution is 2.66. The van der Waals surface area contributed by atoms with E-state index in [-0.39, 0.29) is 34.5 Å². The lowest BCUT2D eigenvalue weighted by molar-refractivity contribution is -0.274. The van der Waals surface area contributed by atoms with Crippen molar-refractivity contribution in [2.75, 3.05) is 5.45 Å². The summed E-state index contributed by atoms with van der Waals surface area (Å²) in [6.07, 6.45) is -4.04. The van der Waals surface area contributed by atoms with Gasteiger partial charge in [-0.3, -0.25) is 29.3 Å². The molecule has 1 aromatic rings. The molecule has 2 heterocycles. The molecule has 5 rings (SSSR count). The molecule has 0 spiro atoms. The molecule has 9 nitrogen and oxygen atoms in total. The van der Waals surface area contributed by atoms with Crippen molar-refractivity contribution in [3.8, 4) is 11.5 Å². The molecule has 37 heavy (non-hydrogen) atoms. The van der Waals surface area contributed by atoms with Crippen LogP contribution in [0.3, 0.4) is 0 Å². The van der Waals surface area contributed by atoms with Crippen molar-refractivity contribution in [3.63, 3.8) is 0 Å². The molecule has 6 unspecified atom stereocenters. The summed E-state index contributed by atoms with van der Waals surface area (Å²) in [5.74, 6) is -9.66. The number of carbonyl (C=O) groups is 4. The summed E-state index contributed by atoms with van der Waals surface area (Å²) >= 11 is 16.8. The molecule has 0 radical (unpaired) electrons. The summed E-state index contributed by atoms with van der Waals surface area (Å²) in [5, 5.41) is 20.7. The van der Waals surface area contributed by atoms with Crippen LogP contribution in [0.5, 0.6) is 11.5 Å². The van der Waals surface area contributed by atoms with E-state index in [1.54, 1.807) is 0 Å². The molecule has 0 aromatic heterocycles. The van der Waals surface area contributed by atoms with Crippen molar-refractivity contribution >= 4 is 62.8 Å².